The fraction of sp³-hybridized carbons (Fsp3) is 0.269. The van der Waals surface area contributed by atoms with Crippen LogP contribution in [0.1, 0.15) is 51.7 Å². The van der Waals surface area contributed by atoms with Gasteiger partial charge in [-0.3, -0.25) is 0 Å². The summed E-state index contributed by atoms with van der Waals surface area (Å²) >= 11 is 0. The van der Waals surface area contributed by atoms with E-state index in [0.717, 1.165) is 11.2 Å². The number of rotatable bonds is 2. The maximum Gasteiger partial charge on any atom is 0.0712 e. The standard InChI is InChI=1S/C26H27N/c1-17(2)22-16-25(27-24-13-9-8-12-21(22)24)19-14-18-10-6-7-11-20(18)23(15-19)26(3,4)5/h6-17H,1-5H3. The van der Waals surface area contributed by atoms with Crippen molar-refractivity contribution in [1.29, 1.82) is 0 Å². The van der Waals surface area contributed by atoms with Crippen LogP contribution in [0.15, 0.2) is 66.7 Å². The molecule has 0 N–H and O–H groups in total. The Balaban J connectivity index is 2.03. The smallest absolute Gasteiger partial charge is 0.0712 e. The molecule has 0 radical (unpaired) electrons. The van der Waals surface area contributed by atoms with Gasteiger partial charge in [0.25, 0.3) is 0 Å². The number of hydrogen-bond acceptors (Lipinski definition) is 1. The molecule has 1 aromatic heterocycles. The molecule has 1 heterocycles. The van der Waals surface area contributed by atoms with Crippen molar-refractivity contribution in [1.82, 2.24) is 4.98 Å². The SMILES string of the molecule is CC(C)c1cc(-c2cc(C(C)(C)C)c3ccccc3c2)nc2ccccc12. The predicted octanol–water partition coefficient (Wildman–Crippen LogP) is 7.48. The number of aromatic nitrogens is 1. The minimum absolute atomic E-state index is 0.0767. The summed E-state index contributed by atoms with van der Waals surface area (Å²) in [6.45, 7) is 11.4. The summed E-state index contributed by atoms with van der Waals surface area (Å²) in [4.78, 5) is 5.02. The van der Waals surface area contributed by atoms with Crippen molar-refractivity contribution in [3.8, 4) is 11.3 Å². The number of pyridine rings is 1. The molecule has 4 aromatic rings. The Bertz CT molecular complexity index is 1130. The lowest BCUT2D eigenvalue weighted by Crippen LogP contribution is -2.12. The fourth-order valence-corrected chi connectivity index (χ4v) is 3.91. The Hall–Kier alpha value is -2.67. The van der Waals surface area contributed by atoms with Crippen LogP contribution in [0.25, 0.3) is 32.9 Å². The van der Waals surface area contributed by atoms with Gasteiger partial charge in [-0.2, -0.15) is 0 Å². The number of para-hydroxylation sites is 1. The zero-order valence-corrected chi connectivity index (χ0v) is 16.9. The second-order valence-electron chi connectivity index (χ2n) is 8.76. The van der Waals surface area contributed by atoms with E-state index in [1.54, 1.807) is 0 Å². The van der Waals surface area contributed by atoms with E-state index in [2.05, 4.69) is 101 Å². The molecule has 0 aliphatic rings. The van der Waals surface area contributed by atoms with Crippen molar-refractivity contribution in [3.63, 3.8) is 0 Å². The third-order valence-corrected chi connectivity index (χ3v) is 5.34. The van der Waals surface area contributed by atoms with Gasteiger partial charge >= 0.3 is 0 Å². The Morgan fingerprint density at radius 2 is 1.44 bits per heavy atom. The van der Waals surface area contributed by atoms with Gasteiger partial charge in [0.1, 0.15) is 0 Å². The molecule has 0 atom stereocenters. The van der Waals surface area contributed by atoms with E-state index in [1.807, 2.05) is 0 Å². The van der Waals surface area contributed by atoms with Crippen LogP contribution in [0.3, 0.4) is 0 Å². The molecule has 0 amide bonds. The molecule has 1 heteroatoms. The van der Waals surface area contributed by atoms with E-state index in [9.17, 15) is 0 Å². The van der Waals surface area contributed by atoms with Crippen LogP contribution in [0.2, 0.25) is 0 Å². The first-order valence-electron chi connectivity index (χ1n) is 9.78. The van der Waals surface area contributed by atoms with Crippen LogP contribution < -0.4 is 0 Å². The Morgan fingerprint density at radius 3 is 2.15 bits per heavy atom. The van der Waals surface area contributed by atoms with Crippen molar-refractivity contribution >= 4 is 21.7 Å². The third-order valence-electron chi connectivity index (χ3n) is 5.34. The lowest BCUT2D eigenvalue weighted by atomic mass is 9.82. The molecule has 0 aliphatic heterocycles. The minimum Gasteiger partial charge on any atom is -0.248 e. The molecule has 0 aliphatic carbocycles. The summed E-state index contributed by atoms with van der Waals surface area (Å²) in [6.07, 6.45) is 0. The molecule has 0 saturated carbocycles. The van der Waals surface area contributed by atoms with Crippen molar-refractivity contribution in [3.05, 3.63) is 77.9 Å². The van der Waals surface area contributed by atoms with Crippen molar-refractivity contribution in [2.45, 2.75) is 46.0 Å². The van der Waals surface area contributed by atoms with E-state index >= 15 is 0 Å². The van der Waals surface area contributed by atoms with Gasteiger partial charge in [-0.15, -0.1) is 0 Å². The Morgan fingerprint density at radius 1 is 0.778 bits per heavy atom. The van der Waals surface area contributed by atoms with Crippen molar-refractivity contribution in [2.75, 3.05) is 0 Å². The quantitative estimate of drug-likeness (QED) is 0.364. The van der Waals surface area contributed by atoms with Crippen LogP contribution in [0.5, 0.6) is 0 Å². The number of fused-ring (bicyclic) bond motifs is 2. The average molecular weight is 354 g/mol. The van der Waals surface area contributed by atoms with Gasteiger partial charge in [0.2, 0.25) is 0 Å². The van der Waals surface area contributed by atoms with Gasteiger partial charge in [-0.1, -0.05) is 77.1 Å². The maximum absolute atomic E-state index is 5.02. The summed E-state index contributed by atoms with van der Waals surface area (Å²) in [6, 6.07) is 24.1. The van der Waals surface area contributed by atoms with E-state index in [4.69, 9.17) is 4.98 Å². The molecule has 0 unspecified atom stereocenters. The second-order valence-corrected chi connectivity index (χ2v) is 8.76. The maximum atomic E-state index is 5.02. The highest BCUT2D eigenvalue weighted by atomic mass is 14.7. The summed E-state index contributed by atoms with van der Waals surface area (Å²) in [7, 11) is 0. The summed E-state index contributed by atoms with van der Waals surface area (Å²) in [5.41, 5.74) is 6.15. The van der Waals surface area contributed by atoms with Crippen LogP contribution in [-0.4, -0.2) is 4.98 Å². The van der Waals surface area contributed by atoms with Crippen LogP contribution in [-0.2, 0) is 5.41 Å². The zero-order chi connectivity index (χ0) is 19.2. The number of nitrogens with zero attached hydrogens (tertiary/aromatic N) is 1. The van der Waals surface area contributed by atoms with Crippen LogP contribution >= 0.6 is 0 Å². The highest BCUT2D eigenvalue weighted by Crippen LogP contribution is 2.36. The first-order chi connectivity index (χ1) is 12.8. The molecular formula is C26H27N. The molecule has 136 valence electrons. The lowest BCUT2D eigenvalue weighted by molar-refractivity contribution is 0.596. The normalized spacial score (nSPS) is 12.2. The first kappa shape index (κ1) is 17.7. The molecular weight excluding hydrogens is 326 g/mol. The van der Waals surface area contributed by atoms with Crippen LogP contribution in [0, 0.1) is 0 Å². The van der Waals surface area contributed by atoms with Gasteiger partial charge in [0.05, 0.1) is 11.2 Å². The van der Waals surface area contributed by atoms with Gasteiger partial charge < -0.3 is 0 Å². The Kier molecular flexibility index (Phi) is 4.26. The topological polar surface area (TPSA) is 12.9 Å². The average Bonchev–Trinajstić information content (AvgIpc) is 2.65. The molecule has 1 nitrogen and oxygen atoms in total. The summed E-state index contributed by atoms with van der Waals surface area (Å²) in [5.74, 6) is 0.458. The molecule has 27 heavy (non-hydrogen) atoms. The number of hydrogen-bond donors (Lipinski definition) is 0. The molecule has 0 spiro atoms. The monoisotopic (exact) mass is 353 g/mol. The van der Waals surface area contributed by atoms with Gasteiger partial charge in [0, 0.05) is 10.9 Å². The van der Waals surface area contributed by atoms with E-state index in [-0.39, 0.29) is 5.41 Å². The van der Waals surface area contributed by atoms with Gasteiger partial charge in [-0.25, -0.2) is 4.98 Å². The molecule has 0 bridgehead atoms. The van der Waals surface area contributed by atoms with Crippen molar-refractivity contribution < 1.29 is 0 Å². The summed E-state index contributed by atoms with van der Waals surface area (Å²) < 4.78 is 0. The summed E-state index contributed by atoms with van der Waals surface area (Å²) in [5, 5.41) is 3.87. The van der Waals surface area contributed by atoms with Crippen molar-refractivity contribution in [2.24, 2.45) is 0 Å². The highest BCUT2D eigenvalue weighted by molar-refractivity contribution is 5.92. The highest BCUT2D eigenvalue weighted by Gasteiger charge is 2.19. The van der Waals surface area contributed by atoms with Crippen LogP contribution in [0.4, 0.5) is 0 Å². The van der Waals surface area contributed by atoms with E-state index in [0.29, 0.717) is 5.92 Å². The van der Waals surface area contributed by atoms with E-state index < -0.39 is 0 Å². The lowest BCUT2D eigenvalue weighted by Gasteiger charge is -2.23. The molecule has 3 aromatic carbocycles. The van der Waals surface area contributed by atoms with E-state index in [1.165, 1.54) is 32.8 Å². The molecule has 4 rings (SSSR count). The molecule has 0 fully saturated rings. The predicted molar refractivity (Wildman–Crippen MR) is 117 cm³/mol. The zero-order valence-electron chi connectivity index (χ0n) is 16.9. The minimum atomic E-state index is 0.0767. The largest absolute Gasteiger partial charge is 0.248 e. The van der Waals surface area contributed by atoms with Gasteiger partial charge in [-0.05, 0) is 57.5 Å². The first-order valence-corrected chi connectivity index (χ1v) is 9.78. The molecule has 0 saturated heterocycles. The number of benzene rings is 3. The Labute approximate surface area is 162 Å². The fourth-order valence-electron chi connectivity index (χ4n) is 3.91. The van der Waals surface area contributed by atoms with Gasteiger partial charge in [0.15, 0.2) is 0 Å². The third kappa shape index (κ3) is 3.23. The second kappa shape index (κ2) is 6.49.